The summed E-state index contributed by atoms with van der Waals surface area (Å²) < 4.78 is 4.72. The van der Waals surface area contributed by atoms with Crippen molar-refractivity contribution in [1.29, 1.82) is 0 Å². The first-order valence-corrected chi connectivity index (χ1v) is 3.73. The molecule has 0 saturated heterocycles. The third-order valence-corrected chi connectivity index (χ3v) is 1.32. The summed E-state index contributed by atoms with van der Waals surface area (Å²) in [6.07, 6.45) is 0. The van der Waals surface area contributed by atoms with Crippen LogP contribution in [0.2, 0.25) is 0 Å². The highest BCUT2D eigenvalue weighted by Crippen LogP contribution is 1.84. The Hall–Kier alpha value is -0.320. The van der Waals surface area contributed by atoms with E-state index < -0.39 is 0 Å². The van der Waals surface area contributed by atoms with E-state index in [4.69, 9.17) is 21.4 Å². The van der Waals surface area contributed by atoms with Gasteiger partial charge in [0.1, 0.15) is 5.88 Å². The van der Waals surface area contributed by atoms with Gasteiger partial charge in [0.15, 0.2) is 0 Å². The third kappa shape index (κ3) is 5.01. The average molecular weight is 182 g/mol. The molecule has 66 valence electrons. The van der Waals surface area contributed by atoms with Gasteiger partial charge in [0.25, 0.3) is 0 Å². The van der Waals surface area contributed by atoms with E-state index >= 15 is 0 Å². The topological polar surface area (TPSA) is 58.6 Å². The molecule has 0 bridgehead atoms. The number of alkyl halides is 1. The second-order valence-corrected chi connectivity index (χ2v) is 2.30. The Labute approximate surface area is 70.5 Å². The van der Waals surface area contributed by atoms with Crippen LogP contribution >= 0.6 is 11.6 Å². The molecule has 0 aromatic heterocycles. The molecule has 4 nitrogen and oxygen atoms in total. The molecule has 5 heteroatoms. The zero-order valence-corrected chi connectivity index (χ0v) is 7.10. The lowest BCUT2D eigenvalue weighted by molar-refractivity contribution is -0.120. The predicted octanol–water partition coefficient (Wildman–Crippen LogP) is -0.651. The predicted molar refractivity (Wildman–Crippen MR) is 41.6 cm³/mol. The van der Waals surface area contributed by atoms with Crippen molar-refractivity contribution in [2.24, 2.45) is 0 Å². The zero-order chi connectivity index (χ0) is 8.69. The van der Waals surface area contributed by atoms with Crippen LogP contribution in [0, 0.1) is 0 Å². The number of aliphatic hydroxyl groups excluding tert-OH is 1. The van der Waals surface area contributed by atoms with Crippen LogP contribution in [0.5, 0.6) is 0 Å². The average Bonchev–Trinajstić information content (AvgIpc) is 2.03. The van der Waals surface area contributed by atoms with Gasteiger partial charge in [0, 0.05) is 7.11 Å². The standard InChI is InChI=1S/C6H12ClNO3/c1-11-4-5(3-9)8-6(10)2-7/h5,9H,2-4H2,1H3,(H,8,10). The Morgan fingerprint density at radius 3 is 2.82 bits per heavy atom. The first kappa shape index (κ1) is 10.7. The molecule has 0 heterocycles. The summed E-state index contributed by atoms with van der Waals surface area (Å²) in [7, 11) is 1.50. The molecule has 1 atom stereocenters. The van der Waals surface area contributed by atoms with Crippen molar-refractivity contribution in [1.82, 2.24) is 5.32 Å². The molecule has 0 aliphatic carbocycles. The minimum absolute atomic E-state index is 0.0970. The Morgan fingerprint density at radius 1 is 1.82 bits per heavy atom. The molecule has 11 heavy (non-hydrogen) atoms. The first-order valence-electron chi connectivity index (χ1n) is 3.19. The van der Waals surface area contributed by atoms with Crippen LogP contribution in [0.4, 0.5) is 0 Å². The van der Waals surface area contributed by atoms with Crippen LogP contribution < -0.4 is 5.32 Å². The van der Waals surface area contributed by atoms with Crippen LogP contribution in [0.25, 0.3) is 0 Å². The largest absolute Gasteiger partial charge is 0.394 e. The van der Waals surface area contributed by atoms with Crippen LogP contribution in [0.3, 0.4) is 0 Å². The highest BCUT2D eigenvalue weighted by Gasteiger charge is 2.08. The van der Waals surface area contributed by atoms with E-state index in [0.717, 1.165) is 0 Å². The quantitative estimate of drug-likeness (QED) is 0.555. The lowest BCUT2D eigenvalue weighted by Crippen LogP contribution is -2.41. The van der Waals surface area contributed by atoms with Crippen LogP contribution in [-0.4, -0.2) is 43.3 Å². The summed E-state index contributed by atoms with van der Waals surface area (Å²) >= 11 is 5.22. The Bertz CT molecular complexity index is 120. The molecule has 1 amide bonds. The summed E-state index contributed by atoms with van der Waals surface area (Å²) in [5.74, 6) is -0.400. The van der Waals surface area contributed by atoms with E-state index in [2.05, 4.69) is 5.32 Å². The van der Waals surface area contributed by atoms with E-state index in [9.17, 15) is 4.79 Å². The van der Waals surface area contributed by atoms with Gasteiger partial charge in [0.2, 0.25) is 5.91 Å². The Morgan fingerprint density at radius 2 is 2.45 bits per heavy atom. The van der Waals surface area contributed by atoms with Gasteiger partial charge in [0.05, 0.1) is 19.3 Å². The van der Waals surface area contributed by atoms with Crippen molar-refractivity contribution in [3.05, 3.63) is 0 Å². The van der Waals surface area contributed by atoms with Gasteiger partial charge in [-0.2, -0.15) is 0 Å². The highest BCUT2D eigenvalue weighted by atomic mass is 35.5. The summed E-state index contributed by atoms with van der Waals surface area (Å²) in [6, 6.07) is -0.355. The summed E-state index contributed by atoms with van der Waals surface area (Å²) in [5, 5.41) is 11.1. The van der Waals surface area contributed by atoms with Gasteiger partial charge < -0.3 is 15.2 Å². The fourth-order valence-electron chi connectivity index (χ4n) is 0.607. The molecule has 0 saturated carbocycles. The van der Waals surface area contributed by atoms with Crippen molar-refractivity contribution >= 4 is 17.5 Å². The normalized spacial score (nSPS) is 12.6. The number of carbonyl (C=O) groups excluding carboxylic acids is 1. The molecule has 0 spiro atoms. The van der Waals surface area contributed by atoms with E-state index in [1.165, 1.54) is 7.11 Å². The van der Waals surface area contributed by atoms with Crippen molar-refractivity contribution < 1.29 is 14.6 Å². The van der Waals surface area contributed by atoms with E-state index in [1.54, 1.807) is 0 Å². The van der Waals surface area contributed by atoms with E-state index in [-0.39, 0.29) is 24.4 Å². The number of hydrogen-bond acceptors (Lipinski definition) is 3. The zero-order valence-electron chi connectivity index (χ0n) is 6.34. The maximum Gasteiger partial charge on any atom is 0.235 e. The van der Waals surface area contributed by atoms with Crippen LogP contribution in [0.1, 0.15) is 0 Å². The number of hydrogen-bond donors (Lipinski definition) is 2. The maximum atomic E-state index is 10.6. The SMILES string of the molecule is COCC(CO)NC(=O)CCl. The van der Waals surface area contributed by atoms with Gasteiger partial charge in [-0.15, -0.1) is 11.6 Å². The minimum Gasteiger partial charge on any atom is -0.394 e. The number of halogens is 1. The van der Waals surface area contributed by atoms with Crippen LogP contribution in [-0.2, 0) is 9.53 Å². The minimum atomic E-state index is -0.355. The van der Waals surface area contributed by atoms with E-state index in [0.29, 0.717) is 6.61 Å². The number of ether oxygens (including phenoxy) is 1. The molecule has 0 aromatic rings. The molecule has 0 aliphatic rings. The van der Waals surface area contributed by atoms with Gasteiger partial charge in [-0.25, -0.2) is 0 Å². The van der Waals surface area contributed by atoms with Gasteiger partial charge in [-0.3, -0.25) is 4.79 Å². The third-order valence-electron chi connectivity index (χ3n) is 1.07. The van der Waals surface area contributed by atoms with Crippen molar-refractivity contribution in [2.75, 3.05) is 26.2 Å². The fourth-order valence-corrected chi connectivity index (χ4v) is 0.685. The Kier molecular flexibility index (Phi) is 6.21. The van der Waals surface area contributed by atoms with Crippen molar-refractivity contribution in [2.45, 2.75) is 6.04 Å². The number of nitrogens with one attached hydrogen (secondary N) is 1. The van der Waals surface area contributed by atoms with Crippen LogP contribution in [0.15, 0.2) is 0 Å². The second kappa shape index (κ2) is 6.39. The van der Waals surface area contributed by atoms with Crippen molar-refractivity contribution in [3.8, 4) is 0 Å². The number of methoxy groups -OCH3 is 1. The van der Waals surface area contributed by atoms with Gasteiger partial charge in [-0.05, 0) is 0 Å². The number of rotatable bonds is 5. The number of aliphatic hydroxyl groups is 1. The molecule has 0 radical (unpaired) electrons. The molecule has 1 unspecified atom stereocenters. The molecular formula is C6H12ClNO3. The summed E-state index contributed by atoms with van der Waals surface area (Å²) in [6.45, 7) is 0.148. The molecular weight excluding hydrogens is 170 g/mol. The molecule has 0 aromatic carbocycles. The van der Waals surface area contributed by atoms with E-state index in [1.807, 2.05) is 0 Å². The van der Waals surface area contributed by atoms with Gasteiger partial charge in [-0.1, -0.05) is 0 Å². The lowest BCUT2D eigenvalue weighted by Gasteiger charge is -2.13. The first-order chi connectivity index (χ1) is 5.24. The maximum absolute atomic E-state index is 10.6. The lowest BCUT2D eigenvalue weighted by atomic mass is 10.3. The molecule has 2 N–H and O–H groups in total. The summed E-state index contributed by atoms with van der Waals surface area (Å²) in [5.41, 5.74) is 0. The fraction of sp³-hybridized carbons (Fsp3) is 0.833. The molecule has 0 rings (SSSR count). The molecule has 0 aliphatic heterocycles. The van der Waals surface area contributed by atoms with Crippen molar-refractivity contribution in [3.63, 3.8) is 0 Å². The van der Waals surface area contributed by atoms with Gasteiger partial charge >= 0.3 is 0 Å². The highest BCUT2D eigenvalue weighted by molar-refractivity contribution is 6.27. The Balaban J connectivity index is 3.58. The monoisotopic (exact) mass is 181 g/mol. The second-order valence-electron chi connectivity index (χ2n) is 2.04. The summed E-state index contributed by atoms with van der Waals surface area (Å²) in [4.78, 5) is 10.6. The number of carbonyl (C=O) groups is 1. The molecule has 0 fully saturated rings. The number of amides is 1. The smallest absolute Gasteiger partial charge is 0.235 e.